The van der Waals surface area contributed by atoms with Crippen molar-refractivity contribution in [1.82, 2.24) is 15.5 Å². The smallest absolute Gasteiger partial charge is 0.191 e. The molecule has 2 rings (SSSR count). The molecule has 0 unspecified atom stereocenters. The van der Waals surface area contributed by atoms with Gasteiger partial charge in [0.15, 0.2) is 5.96 Å². The van der Waals surface area contributed by atoms with E-state index in [9.17, 15) is 0 Å². The molecule has 1 saturated heterocycles. The van der Waals surface area contributed by atoms with E-state index >= 15 is 0 Å². The molecule has 0 amide bonds. The summed E-state index contributed by atoms with van der Waals surface area (Å²) in [5.74, 6) is 0.884. The molecule has 2 heterocycles. The summed E-state index contributed by atoms with van der Waals surface area (Å²) in [6.07, 6.45) is 0. The molecule has 0 aliphatic carbocycles. The van der Waals surface area contributed by atoms with E-state index in [0.29, 0.717) is 0 Å². The second-order valence-corrected chi connectivity index (χ2v) is 6.87. The molecule has 7 heteroatoms. The van der Waals surface area contributed by atoms with Crippen LogP contribution in [0.5, 0.6) is 0 Å². The maximum atomic E-state index is 5.44. The highest BCUT2D eigenvalue weighted by molar-refractivity contribution is 14.0. The molecular weight excluding hydrogens is 423 g/mol. The van der Waals surface area contributed by atoms with Crippen molar-refractivity contribution in [3.63, 3.8) is 0 Å². The third-order valence-electron chi connectivity index (χ3n) is 3.90. The van der Waals surface area contributed by atoms with E-state index in [1.165, 1.54) is 5.56 Å². The number of ether oxygens (including phenoxy) is 1. The van der Waals surface area contributed by atoms with E-state index < -0.39 is 0 Å². The molecule has 0 aromatic carbocycles. The van der Waals surface area contributed by atoms with Gasteiger partial charge in [0.05, 0.1) is 19.8 Å². The third kappa shape index (κ3) is 6.94. The van der Waals surface area contributed by atoms with Gasteiger partial charge in [-0.15, -0.1) is 24.0 Å². The van der Waals surface area contributed by atoms with Gasteiger partial charge in [-0.2, -0.15) is 11.3 Å². The molecule has 5 nitrogen and oxygen atoms in total. The van der Waals surface area contributed by atoms with Gasteiger partial charge in [0.2, 0.25) is 0 Å². The second kappa shape index (κ2) is 10.5. The van der Waals surface area contributed by atoms with Crippen molar-refractivity contribution < 1.29 is 4.74 Å². The highest BCUT2D eigenvalue weighted by Gasteiger charge is 2.28. The molecule has 1 fully saturated rings. The monoisotopic (exact) mass is 452 g/mol. The molecule has 0 radical (unpaired) electrons. The van der Waals surface area contributed by atoms with Crippen LogP contribution in [0.15, 0.2) is 21.8 Å². The van der Waals surface area contributed by atoms with Gasteiger partial charge in [-0.1, -0.05) is 0 Å². The van der Waals surface area contributed by atoms with E-state index in [1.807, 2.05) is 0 Å². The first-order chi connectivity index (χ1) is 10.6. The summed E-state index contributed by atoms with van der Waals surface area (Å²) in [5, 5.41) is 11.0. The van der Waals surface area contributed by atoms with E-state index in [4.69, 9.17) is 4.74 Å². The van der Waals surface area contributed by atoms with Gasteiger partial charge in [0.25, 0.3) is 0 Å². The molecule has 1 aliphatic heterocycles. The van der Waals surface area contributed by atoms with E-state index in [2.05, 4.69) is 58.1 Å². The number of halogens is 1. The molecule has 1 aliphatic rings. The molecule has 0 bridgehead atoms. The summed E-state index contributed by atoms with van der Waals surface area (Å²) in [5.41, 5.74) is 1.34. The molecule has 0 atom stereocenters. The maximum Gasteiger partial charge on any atom is 0.191 e. The maximum absolute atomic E-state index is 5.44. The predicted octanol–water partition coefficient (Wildman–Crippen LogP) is 2.53. The number of aliphatic imine (C=N–C) groups is 1. The van der Waals surface area contributed by atoms with Gasteiger partial charge in [-0.05, 0) is 43.2 Å². The zero-order valence-corrected chi connectivity index (χ0v) is 17.4. The Bertz CT molecular complexity index is 459. The van der Waals surface area contributed by atoms with Crippen LogP contribution in [0.2, 0.25) is 0 Å². The predicted molar refractivity (Wildman–Crippen MR) is 109 cm³/mol. The summed E-state index contributed by atoms with van der Waals surface area (Å²) >= 11 is 1.71. The molecule has 132 valence electrons. The summed E-state index contributed by atoms with van der Waals surface area (Å²) in [6.45, 7) is 12.7. The highest BCUT2D eigenvalue weighted by atomic mass is 127. The van der Waals surface area contributed by atoms with Gasteiger partial charge >= 0.3 is 0 Å². The Labute approximate surface area is 160 Å². The first-order valence-electron chi connectivity index (χ1n) is 7.98. The lowest BCUT2D eigenvalue weighted by atomic mass is 10.0. The zero-order chi connectivity index (χ0) is 15.8. The van der Waals surface area contributed by atoms with Crippen molar-refractivity contribution >= 4 is 41.3 Å². The molecule has 0 spiro atoms. The Morgan fingerprint density at radius 3 is 2.70 bits per heavy atom. The van der Waals surface area contributed by atoms with Crippen LogP contribution in [0, 0.1) is 0 Å². The van der Waals surface area contributed by atoms with E-state index in [1.54, 1.807) is 11.3 Å². The number of hydrogen-bond acceptors (Lipinski definition) is 4. The first-order valence-corrected chi connectivity index (χ1v) is 8.92. The Balaban J connectivity index is 0.00000264. The zero-order valence-electron chi connectivity index (χ0n) is 14.3. The van der Waals surface area contributed by atoms with Crippen LogP contribution in [-0.4, -0.2) is 55.8 Å². The van der Waals surface area contributed by atoms with Crippen LogP contribution in [0.1, 0.15) is 26.3 Å². The highest BCUT2D eigenvalue weighted by Crippen LogP contribution is 2.15. The van der Waals surface area contributed by atoms with Crippen molar-refractivity contribution in [2.45, 2.75) is 32.9 Å². The summed E-state index contributed by atoms with van der Waals surface area (Å²) in [7, 11) is 0. The molecule has 0 saturated carbocycles. The van der Waals surface area contributed by atoms with Gasteiger partial charge in [-0.3, -0.25) is 4.90 Å². The number of morpholine rings is 1. The summed E-state index contributed by atoms with van der Waals surface area (Å²) < 4.78 is 5.44. The second-order valence-electron chi connectivity index (χ2n) is 6.09. The summed E-state index contributed by atoms with van der Waals surface area (Å²) in [6, 6.07) is 2.12. The standard InChI is InChI=1S/C16H28N4OS.HI/c1-4-17-15(18-11-14-5-10-22-12-14)19-13-16(2,3)20-6-8-21-9-7-20;/h5,10,12H,4,6-9,11,13H2,1-3H3,(H2,17,18,19);1H. The van der Waals surface area contributed by atoms with E-state index in [0.717, 1.165) is 51.9 Å². The number of hydrogen-bond donors (Lipinski definition) is 2. The van der Waals surface area contributed by atoms with Crippen molar-refractivity contribution in [3.8, 4) is 0 Å². The fourth-order valence-electron chi connectivity index (χ4n) is 2.48. The van der Waals surface area contributed by atoms with Gasteiger partial charge in [0, 0.05) is 31.7 Å². The fraction of sp³-hybridized carbons (Fsp3) is 0.688. The van der Waals surface area contributed by atoms with Crippen LogP contribution in [0.25, 0.3) is 0 Å². The Morgan fingerprint density at radius 1 is 1.35 bits per heavy atom. The minimum absolute atomic E-state index is 0. The number of nitrogens with zero attached hydrogens (tertiary/aromatic N) is 2. The van der Waals surface area contributed by atoms with Crippen molar-refractivity contribution in [3.05, 3.63) is 22.4 Å². The average molecular weight is 452 g/mol. The van der Waals surface area contributed by atoms with Crippen LogP contribution in [-0.2, 0) is 11.3 Å². The van der Waals surface area contributed by atoms with Crippen molar-refractivity contribution in [2.75, 3.05) is 39.4 Å². The lowest BCUT2D eigenvalue weighted by molar-refractivity contribution is -0.00834. The Hall–Kier alpha value is -0.380. The van der Waals surface area contributed by atoms with Crippen LogP contribution < -0.4 is 10.6 Å². The number of guanidine groups is 1. The molecular formula is C16H29IN4OS. The molecule has 1 aromatic heterocycles. The molecule has 1 aromatic rings. The lowest BCUT2D eigenvalue weighted by Crippen LogP contribution is -2.56. The number of thiophene rings is 1. The van der Waals surface area contributed by atoms with Crippen LogP contribution in [0.3, 0.4) is 0 Å². The normalized spacial score (nSPS) is 16.7. The SMILES string of the molecule is CCNC(=NCc1ccsc1)NCC(C)(C)N1CCOCC1.I. The summed E-state index contributed by atoms with van der Waals surface area (Å²) in [4.78, 5) is 7.14. The average Bonchev–Trinajstić information content (AvgIpc) is 3.04. The largest absolute Gasteiger partial charge is 0.379 e. The number of nitrogens with one attached hydrogen (secondary N) is 2. The van der Waals surface area contributed by atoms with Gasteiger partial charge < -0.3 is 15.4 Å². The van der Waals surface area contributed by atoms with Crippen molar-refractivity contribution in [2.24, 2.45) is 4.99 Å². The Kier molecular flexibility index (Phi) is 9.41. The molecule has 2 N–H and O–H groups in total. The fourth-order valence-corrected chi connectivity index (χ4v) is 3.14. The Morgan fingerprint density at radius 2 is 2.09 bits per heavy atom. The minimum Gasteiger partial charge on any atom is -0.379 e. The third-order valence-corrected chi connectivity index (χ3v) is 4.63. The van der Waals surface area contributed by atoms with Crippen molar-refractivity contribution in [1.29, 1.82) is 0 Å². The van der Waals surface area contributed by atoms with E-state index in [-0.39, 0.29) is 29.5 Å². The lowest BCUT2D eigenvalue weighted by Gasteiger charge is -2.41. The van der Waals surface area contributed by atoms with Gasteiger partial charge in [0.1, 0.15) is 0 Å². The topological polar surface area (TPSA) is 48.9 Å². The van der Waals surface area contributed by atoms with Gasteiger partial charge in [-0.25, -0.2) is 4.99 Å². The number of rotatable bonds is 6. The first kappa shape index (κ1) is 20.7. The molecule has 23 heavy (non-hydrogen) atoms. The quantitative estimate of drug-likeness (QED) is 0.396. The minimum atomic E-state index is 0. The van der Waals surface area contributed by atoms with Crippen LogP contribution >= 0.6 is 35.3 Å². The van der Waals surface area contributed by atoms with Crippen LogP contribution in [0.4, 0.5) is 0 Å².